The van der Waals surface area contributed by atoms with Crippen LogP contribution in [0.2, 0.25) is 0 Å². The average Bonchev–Trinajstić information content (AvgIpc) is 2.06. The molecule has 15 heavy (non-hydrogen) atoms. The molecule has 0 aliphatic rings. The highest BCUT2D eigenvalue weighted by Crippen LogP contribution is 2.27. The van der Waals surface area contributed by atoms with Crippen LogP contribution in [0, 0.1) is 21.7 Å². The highest BCUT2D eigenvalue weighted by Gasteiger charge is 2.29. The molecule has 0 aliphatic heterocycles. The first-order valence-corrected chi connectivity index (χ1v) is 4.95. The van der Waals surface area contributed by atoms with E-state index in [1.807, 2.05) is 0 Å². The smallest absolute Gasteiger partial charge is 0.258 e. The minimum atomic E-state index is -4.47. The van der Waals surface area contributed by atoms with Crippen molar-refractivity contribution in [2.45, 2.75) is 4.90 Å². The van der Waals surface area contributed by atoms with Crippen molar-refractivity contribution in [3.63, 3.8) is 0 Å². The Kier molecular flexibility index (Phi) is 2.69. The van der Waals surface area contributed by atoms with Crippen LogP contribution in [0.5, 0.6) is 0 Å². The number of nitrogens with two attached hydrogens (primary N) is 1. The van der Waals surface area contributed by atoms with Gasteiger partial charge in [0, 0.05) is 0 Å². The molecule has 9 heteroatoms. The van der Waals surface area contributed by atoms with Crippen LogP contribution in [0.4, 0.5) is 14.5 Å². The summed E-state index contributed by atoms with van der Waals surface area (Å²) < 4.78 is 47.1. The first-order valence-electron chi connectivity index (χ1n) is 3.40. The molecule has 0 amide bonds. The molecule has 0 unspecified atom stereocenters. The zero-order valence-electron chi connectivity index (χ0n) is 6.98. The average molecular weight is 238 g/mol. The van der Waals surface area contributed by atoms with Crippen molar-refractivity contribution in [2.24, 2.45) is 5.14 Å². The largest absolute Gasteiger partial charge is 0.327 e. The fourth-order valence-corrected chi connectivity index (χ4v) is 1.61. The Bertz CT molecular complexity index is 528. The highest BCUT2D eigenvalue weighted by atomic mass is 32.2. The molecule has 0 bridgehead atoms. The lowest BCUT2D eigenvalue weighted by atomic mass is 10.3. The predicted octanol–water partition coefficient (Wildman–Crippen LogP) is 0.520. The normalized spacial score (nSPS) is 11.4. The van der Waals surface area contributed by atoms with Crippen LogP contribution in [0.25, 0.3) is 0 Å². The molecule has 2 N–H and O–H groups in total. The summed E-state index contributed by atoms with van der Waals surface area (Å²) in [5.41, 5.74) is -1.49. The standard InChI is InChI=1S/C6H4F2N2O4S/c7-3-1-2-4(15(9,13)14)6(5(3)8)10(11)12/h1-2H,(H2,9,13,14). The molecule has 1 aromatic carbocycles. The number of rotatable bonds is 2. The number of hydrogen-bond acceptors (Lipinski definition) is 4. The van der Waals surface area contributed by atoms with Gasteiger partial charge in [0.25, 0.3) is 0 Å². The van der Waals surface area contributed by atoms with Gasteiger partial charge in [-0.25, -0.2) is 17.9 Å². The number of benzene rings is 1. The fraction of sp³-hybridized carbons (Fsp3) is 0. The van der Waals surface area contributed by atoms with Crippen molar-refractivity contribution in [3.8, 4) is 0 Å². The lowest BCUT2D eigenvalue weighted by Crippen LogP contribution is -2.15. The molecule has 82 valence electrons. The molecule has 0 heterocycles. The zero-order valence-corrected chi connectivity index (χ0v) is 7.79. The van der Waals surface area contributed by atoms with Crippen LogP contribution < -0.4 is 5.14 Å². The lowest BCUT2D eigenvalue weighted by Gasteiger charge is -2.01. The Hall–Kier alpha value is -1.61. The fourth-order valence-electron chi connectivity index (χ4n) is 0.922. The van der Waals surface area contributed by atoms with Gasteiger partial charge in [0.2, 0.25) is 15.8 Å². The van der Waals surface area contributed by atoms with Crippen molar-refractivity contribution in [3.05, 3.63) is 33.9 Å². The molecule has 1 aromatic rings. The second-order valence-electron chi connectivity index (χ2n) is 2.51. The van der Waals surface area contributed by atoms with Crippen LogP contribution in [-0.2, 0) is 10.0 Å². The molecular formula is C6H4F2N2O4S. The second-order valence-corrected chi connectivity index (χ2v) is 4.04. The molecule has 1 rings (SSSR count). The molecule has 0 spiro atoms. The van der Waals surface area contributed by atoms with Crippen molar-refractivity contribution in [1.82, 2.24) is 0 Å². The molecule has 0 saturated carbocycles. The monoisotopic (exact) mass is 238 g/mol. The van der Waals surface area contributed by atoms with Gasteiger partial charge in [0.15, 0.2) is 10.7 Å². The topological polar surface area (TPSA) is 103 Å². The van der Waals surface area contributed by atoms with E-state index in [2.05, 4.69) is 5.14 Å². The summed E-state index contributed by atoms with van der Waals surface area (Å²) in [5.74, 6) is -3.37. The molecule has 6 nitrogen and oxygen atoms in total. The molecule has 0 atom stereocenters. The summed E-state index contributed by atoms with van der Waals surface area (Å²) in [7, 11) is -4.47. The number of halogens is 2. The van der Waals surface area contributed by atoms with E-state index in [0.29, 0.717) is 12.1 Å². The molecule has 0 fully saturated rings. The summed E-state index contributed by atoms with van der Waals surface area (Å²) in [6.45, 7) is 0. The molecule has 0 aliphatic carbocycles. The first kappa shape index (κ1) is 11.5. The number of primary sulfonamides is 1. The Morgan fingerprint density at radius 1 is 1.33 bits per heavy atom. The number of nitro benzene ring substituents is 1. The summed E-state index contributed by atoms with van der Waals surface area (Å²) in [6, 6.07) is 0.980. The van der Waals surface area contributed by atoms with E-state index in [-0.39, 0.29) is 0 Å². The summed E-state index contributed by atoms with van der Waals surface area (Å²) >= 11 is 0. The van der Waals surface area contributed by atoms with Gasteiger partial charge in [-0.05, 0) is 12.1 Å². The quantitative estimate of drug-likeness (QED) is 0.599. The molecule has 0 aromatic heterocycles. The Balaban J connectivity index is 3.70. The van der Waals surface area contributed by atoms with Gasteiger partial charge >= 0.3 is 5.69 Å². The van der Waals surface area contributed by atoms with Crippen LogP contribution in [0.15, 0.2) is 17.0 Å². The minimum Gasteiger partial charge on any atom is -0.258 e. The van der Waals surface area contributed by atoms with E-state index in [0.717, 1.165) is 0 Å². The third-order valence-electron chi connectivity index (χ3n) is 1.52. The third kappa shape index (κ3) is 2.07. The lowest BCUT2D eigenvalue weighted by molar-refractivity contribution is -0.390. The van der Waals surface area contributed by atoms with Gasteiger partial charge in [-0.2, -0.15) is 4.39 Å². The zero-order chi connectivity index (χ0) is 11.8. The number of sulfonamides is 1. The third-order valence-corrected chi connectivity index (χ3v) is 2.46. The summed E-state index contributed by atoms with van der Waals surface area (Å²) in [6.07, 6.45) is 0. The Morgan fingerprint density at radius 3 is 2.27 bits per heavy atom. The van der Waals surface area contributed by atoms with E-state index < -0.39 is 37.2 Å². The molecular weight excluding hydrogens is 234 g/mol. The first-order chi connectivity index (χ1) is 6.75. The maximum absolute atomic E-state index is 12.9. The van der Waals surface area contributed by atoms with Crippen LogP contribution in [-0.4, -0.2) is 13.3 Å². The SMILES string of the molecule is NS(=O)(=O)c1ccc(F)c(F)c1[N+](=O)[O-]. The van der Waals surface area contributed by atoms with E-state index in [1.54, 1.807) is 0 Å². The van der Waals surface area contributed by atoms with E-state index in [1.165, 1.54) is 0 Å². The van der Waals surface area contributed by atoms with E-state index in [9.17, 15) is 27.3 Å². The van der Waals surface area contributed by atoms with Crippen molar-refractivity contribution >= 4 is 15.7 Å². The van der Waals surface area contributed by atoms with Crippen LogP contribution in [0.3, 0.4) is 0 Å². The predicted molar refractivity (Wildman–Crippen MR) is 44.4 cm³/mol. The minimum absolute atomic E-state index is 0.447. The Morgan fingerprint density at radius 2 is 1.87 bits per heavy atom. The highest BCUT2D eigenvalue weighted by molar-refractivity contribution is 7.89. The summed E-state index contributed by atoms with van der Waals surface area (Å²) in [4.78, 5) is 7.91. The van der Waals surface area contributed by atoms with Crippen molar-refractivity contribution < 1.29 is 22.1 Å². The number of nitro groups is 1. The van der Waals surface area contributed by atoms with Crippen LogP contribution in [0.1, 0.15) is 0 Å². The number of nitrogens with zero attached hydrogens (tertiary/aromatic N) is 1. The Labute approximate surface area is 82.5 Å². The van der Waals surface area contributed by atoms with Gasteiger partial charge in [0.05, 0.1) is 4.92 Å². The van der Waals surface area contributed by atoms with Crippen molar-refractivity contribution in [2.75, 3.05) is 0 Å². The van der Waals surface area contributed by atoms with Gasteiger partial charge in [-0.1, -0.05) is 0 Å². The second kappa shape index (κ2) is 3.51. The van der Waals surface area contributed by atoms with Gasteiger partial charge < -0.3 is 0 Å². The molecule has 0 saturated heterocycles. The van der Waals surface area contributed by atoms with Crippen LogP contribution >= 0.6 is 0 Å². The van der Waals surface area contributed by atoms with Gasteiger partial charge in [0.1, 0.15) is 0 Å². The van der Waals surface area contributed by atoms with E-state index >= 15 is 0 Å². The van der Waals surface area contributed by atoms with Gasteiger partial charge in [-0.3, -0.25) is 10.1 Å². The van der Waals surface area contributed by atoms with Crippen molar-refractivity contribution in [1.29, 1.82) is 0 Å². The van der Waals surface area contributed by atoms with E-state index in [4.69, 9.17) is 0 Å². The van der Waals surface area contributed by atoms with Gasteiger partial charge in [-0.15, -0.1) is 0 Å². The maximum Gasteiger partial charge on any atom is 0.327 e. The number of hydrogen-bond donors (Lipinski definition) is 1. The maximum atomic E-state index is 12.9. The molecule has 0 radical (unpaired) electrons. The summed E-state index contributed by atoms with van der Waals surface area (Å²) in [5, 5.41) is 14.9.